The Morgan fingerprint density at radius 2 is 2.18 bits per heavy atom. The largest absolute Gasteiger partial charge is 0.491 e. The maximum atomic E-state index is 5.94. The Bertz CT molecular complexity index is 421. The molecule has 0 heterocycles. The minimum atomic E-state index is 0.678. The molecule has 2 bridgehead atoms. The number of fused-ring (bicyclic) bond motifs is 2. The van der Waals surface area contributed by atoms with Crippen LogP contribution in [-0.2, 0) is 0 Å². The summed E-state index contributed by atoms with van der Waals surface area (Å²) in [5.74, 6) is 3.32. The molecule has 2 aliphatic carbocycles. The van der Waals surface area contributed by atoms with Crippen LogP contribution in [0.1, 0.15) is 25.7 Å². The minimum absolute atomic E-state index is 0.678. The van der Waals surface area contributed by atoms with Gasteiger partial charge in [0.2, 0.25) is 0 Å². The second kappa shape index (κ2) is 4.41. The van der Waals surface area contributed by atoms with Crippen molar-refractivity contribution in [3.63, 3.8) is 0 Å². The van der Waals surface area contributed by atoms with Gasteiger partial charge in [-0.3, -0.25) is 0 Å². The summed E-state index contributed by atoms with van der Waals surface area (Å²) in [6, 6.07) is 5.41. The number of hydrogen-bond donors (Lipinski definition) is 1. The first kappa shape index (κ1) is 11.2. The molecule has 3 rings (SSSR count). The second-order valence-corrected chi connectivity index (χ2v) is 5.86. The molecule has 0 saturated heterocycles. The van der Waals surface area contributed by atoms with E-state index in [-0.39, 0.29) is 0 Å². The van der Waals surface area contributed by atoms with E-state index in [9.17, 15) is 0 Å². The molecule has 0 amide bonds. The predicted octanol–water partition coefficient (Wildman–Crippen LogP) is 3.74. The van der Waals surface area contributed by atoms with Gasteiger partial charge in [0.15, 0.2) is 0 Å². The molecule has 92 valence electrons. The zero-order chi connectivity index (χ0) is 11.8. The Morgan fingerprint density at radius 1 is 1.29 bits per heavy atom. The van der Waals surface area contributed by atoms with Crippen molar-refractivity contribution >= 4 is 17.3 Å². The van der Waals surface area contributed by atoms with Crippen LogP contribution < -0.4 is 10.5 Å². The molecular weight excluding hydrogens is 234 g/mol. The van der Waals surface area contributed by atoms with Gasteiger partial charge in [0.1, 0.15) is 5.75 Å². The van der Waals surface area contributed by atoms with E-state index in [2.05, 4.69) is 0 Å². The molecule has 3 heteroatoms. The molecule has 3 unspecified atom stereocenters. The Morgan fingerprint density at radius 3 is 2.88 bits per heavy atom. The SMILES string of the molecule is Nc1ccc(Cl)cc1OCC1CC2CCC1C2. The first-order valence-electron chi connectivity index (χ1n) is 6.40. The number of halogens is 1. The number of benzene rings is 1. The minimum Gasteiger partial charge on any atom is -0.491 e. The molecule has 2 nitrogen and oxygen atoms in total. The summed E-state index contributed by atoms with van der Waals surface area (Å²) in [6.45, 7) is 0.797. The van der Waals surface area contributed by atoms with E-state index < -0.39 is 0 Å². The summed E-state index contributed by atoms with van der Waals surface area (Å²) in [7, 11) is 0. The maximum Gasteiger partial charge on any atom is 0.143 e. The quantitative estimate of drug-likeness (QED) is 0.831. The van der Waals surface area contributed by atoms with E-state index in [0.29, 0.717) is 10.7 Å². The molecule has 0 aromatic heterocycles. The Balaban J connectivity index is 1.62. The van der Waals surface area contributed by atoms with E-state index >= 15 is 0 Å². The summed E-state index contributed by atoms with van der Waals surface area (Å²) in [4.78, 5) is 0. The lowest BCUT2D eigenvalue weighted by molar-refractivity contribution is 0.196. The van der Waals surface area contributed by atoms with Gasteiger partial charge in [-0.25, -0.2) is 0 Å². The maximum absolute atomic E-state index is 5.94. The number of anilines is 1. The number of nitrogen functional groups attached to an aromatic ring is 1. The third-order valence-electron chi connectivity index (χ3n) is 4.31. The van der Waals surface area contributed by atoms with Gasteiger partial charge in [-0.2, -0.15) is 0 Å². The summed E-state index contributed by atoms with van der Waals surface area (Å²) in [5.41, 5.74) is 6.54. The molecule has 2 aliphatic rings. The monoisotopic (exact) mass is 251 g/mol. The molecule has 0 aliphatic heterocycles. The van der Waals surface area contributed by atoms with Crippen molar-refractivity contribution in [1.29, 1.82) is 0 Å². The fourth-order valence-electron chi connectivity index (χ4n) is 3.41. The lowest BCUT2D eigenvalue weighted by atomic mass is 9.89. The average molecular weight is 252 g/mol. The van der Waals surface area contributed by atoms with Crippen molar-refractivity contribution in [3.05, 3.63) is 23.2 Å². The fourth-order valence-corrected chi connectivity index (χ4v) is 3.57. The molecular formula is C14H18ClNO. The summed E-state index contributed by atoms with van der Waals surface area (Å²) >= 11 is 5.94. The number of hydrogen-bond acceptors (Lipinski definition) is 2. The van der Waals surface area contributed by atoms with Gasteiger partial charge < -0.3 is 10.5 Å². The third-order valence-corrected chi connectivity index (χ3v) is 4.55. The molecule has 0 radical (unpaired) electrons. The van der Waals surface area contributed by atoms with Crippen LogP contribution in [0, 0.1) is 17.8 Å². The van der Waals surface area contributed by atoms with Crippen molar-refractivity contribution in [2.24, 2.45) is 17.8 Å². The highest BCUT2D eigenvalue weighted by atomic mass is 35.5. The molecule has 2 saturated carbocycles. The standard InChI is InChI=1S/C14H18ClNO/c15-12-3-4-13(16)14(7-12)17-8-11-6-9-1-2-10(11)5-9/h3-4,7,9-11H,1-2,5-6,8,16H2. The lowest BCUT2D eigenvalue weighted by Crippen LogP contribution is -2.18. The summed E-state index contributed by atoms with van der Waals surface area (Å²) in [6.07, 6.45) is 5.58. The summed E-state index contributed by atoms with van der Waals surface area (Å²) in [5, 5.41) is 0.683. The fraction of sp³-hybridized carbons (Fsp3) is 0.571. The highest BCUT2D eigenvalue weighted by Gasteiger charge is 2.39. The molecule has 2 fully saturated rings. The third kappa shape index (κ3) is 2.23. The van der Waals surface area contributed by atoms with Crippen LogP contribution in [-0.4, -0.2) is 6.61 Å². The highest BCUT2D eigenvalue weighted by Crippen LogP contribution is 2.48. The van der Waals surface area contributed by atoms with Crippen molar-refractivity contribution in [2.45, 2.75) is 25.7 Å². The zero-order valence-corrected chi connectivity index (χ0v) is 10.6. The zero-order valence-electron chi connectivity index (χ0n) is 9.86. The second-order valence-electron chi connectivity index (χ2n) is 5.43. The Labute approximate surface area is 107 Å². The lowest BCUT2D eigenvalue weighted by Gasteiger charge is -2.22. The van der Waals surface area contributed by atoms with Gasteiger partial charge in [0.05, 0.1) is 12.3 Å². The highest BCUT2D eigenvalue weighted by molar-refractivity contribution is 6.30. The molecule has 0 spiro atoms. The van der Waals surface area contributed by atoms with Crippen molar-refractivity contribution < 1.29 is 4.74 Å². The average Bonchev–Trinajstić information content (AvgIpc) is 2.92. The molecule has 3 atom stereocenters. The normalized spacial score (nSPS) is 30.8. The van der Waals surface area contributed by atoms with Crippen LogP contribution in [0.2, 0.25) is 5.02 Å². The van der Waals surface area contributed by atoms with Gasteiger partial charge in [-0.1, -0.05) is 18.0 Å². The van der Waals surface area contributed by atoms with Crippen molar-refractivity contribution in [2.75, 3.05) is 12.3 Å². The van der Waals surface area contributed by atoms with Crippen LogP contribution in [0.15, 0.2) is 18.2 Å². The van der Waals surface area contributed by atoms with Crippen molar-refractivity contribution in [3.8, 4) is 5.75 Å². The van der Waals surface area contributed by atoms with Crippen LogP contribution in [0.4, 0.5) is 5.69 Å². The molecule has 1 aromatic carbocycles. The number of rotatable bonds is 3. The molecule has 17 heavy (non-hydrogen) atoms. The van der Waals surface area contributed by atoms with Gasteiger partial charge in [-0.15, -0.1) is 0 Å². The first-order chi connectivity index (χ1) is 8.22. The molecule has 2 N–H and O–H groups in total. The van der Waals surface area contributed by atoms with Gasteiger partial charge in [-0.05, 0) is 49.1 Å². The van der Waals surface area contributed by atoms with E-state index in [1.165, 1.54) is 25.7 Å². The van der Waals surface area contributed by atoms with E-state index in [1.54, 1.807) is 12.1 Å². The number of ether oxygens (including phenoxy) is 1. The van der Waals surface area contributed by atoms with Gasteiger partial charge >= 0.3 is 0 Å². The smallest absolute Gasteiger partial charge is 0.143 e. The Kier molecular flexibility index (Phi) is 2.91. The molecule has 1 aromatic rings. The number of nitrogens with two attached hydrogens (primary N) is 1. The van der Waals surface area contributed by atoms with E-state index in [1.807, 2.05) is 6.07 Å². The van der Waals surface area contributed by atoms with Crippen LogP contribution in [0.5, 0.6) is 5.75 Å². The van der Waals surface area contributed by atoms with Gasteiger partial charge in [0.25, 0.3) is 0 Å². The van der Waals surface area contributed by atoms with E-state index in [4.69, 9.17) is 22.1 Å². The topological polar surface area (TPSA) is 35.2 Å². The predicted molar refractivity (Wildman–Crippen MR) is 70.3 cm³/mol. The van der Waals surface area contributed by atoms with Crippen LogP contribution in [0.25, 0.3) is 0 Å². The summed E-state index contributed by atoms with van der Waals surface area (Å²) < 4.78 is 5.84. The van der Waals surface area contributed by atoms with Crippen LogP contribution in [0.3, 0.4) is 0 Å². The van der Waals surface area contributed by atoms with Crippen LogP contribution >= 0.6 is 11.6 Å². The first-order valence-corrected chi connectivity index (χ1v) is 6.78. The van der Waals surface area contributed by atoms with Gasteiger partial charge in [0, 0.05) is 11.1 Å². The van der Waals surface area contributed by atoms with E-state index in [0.717, 1.165) is 30.1 Å². The van der Waals surface area contributed by atoms with Crippen molar-refractivity contribution in [1.82, 2.24) is 0 Å². The Hall–Kier alpha value is -0.890.